The summed E-state index contributed by atoms with van der Waals surface area (Å²) in [4.78, 5) is 16.8. The van der Waals surface area contributed by atoms with Crippen LogP contribution in [0.25, 0.3) is 0 Å². The first-order valence-electron chi connectivity index (χ1n) is 10.3. The van der Waals surface area contributed by atoms with E-state index in [2.05, 4.69) is 30.7 Å². The number of nitrogens with zero attached hydrogens (tertiary/aromatic N) is 4. The fourth-order valence-electron chi connectivity index (χ4n) is 3.67. The number of benzene rings is 1. The molecule has 0 saturated carbocycles. The van der Waals surface area contributed by atoms with Crippen molar-refractivity contribution in [3.8, 4) is 0 Å². The van der Waals surface area contributed by atoms with Gasteiger partial charge in [-0.1, -0.05) is 35.9 Å². The van der Waals surface area contributed by atoms with Gasteiger partial charge in [-0.05, 0) is 42.2 Å². The number of carbonyl (C=O) groups excluding carboxylic acids is 1. The smallest absolute Gasteiger partial charge is 0.348 e. The Morgan fingerprint density at radius 2 is 1.85 bits per heavy atom. The molecule has 0 fully saturated rings. The highest BCUT2D eigenvalue weighted by Crippen LogP contribution is 2.44. The molecule has 0 saturated heterocycles. The lowest BCUT2D eigenvalue weighted by atomic mass is 9.85. The van der Waals surface area contributed by atoms with E-state index >= 15 is 0 Å². The minimum Gasteiger partial charge on any atom is -0.348 e. The molecule has 0 radical (unpaired) electrons. The standard InChI is InChI=1S/C23H20ClF3N6O/c1-14-11-30-32-20(14)9-16-4-2-15(3-5-16)8-17-12-31-33-22(17,23(25,26)27)21(34)29-13-19-10-18(24)6-7-28-19/h2-7,10-12H,8-9,13H2,1H3,(H,29,34)(H,30,32). The zero-order valence-electron chi connectivity index (χ0n) is 18.0. The Hall–Kier alpha value is -3.53. The minimum atomic E-state index is -4.98. The van der Waals surface area contributed by atoms with Crippen LogP contribution in [-0.4, -0.2) is 32.8 Å². The fourth-order valence-corrected chi connectivity index (χ4v) is 3.85. The molecular weight excluding hydrogens is 469 g/mol. The molecule has 2 N–H and O–H groups in total. The Morgan fingerprint density at radius 1 is 1.15 bits per heavy atom. The summed E-state index contributed by atoms with van der Waals surface area (Å²) in [5.41, 5.74) is 0.525. The molecule has 0 bridgehead atoms. The van der Waals surface area contributed by atoms with Crippen molar-refractivity contribution in [2.45, 2.75) is 38.0 Å². The van der Waals surface area contributed by atoms with Gasteiger partial charge in [0.05, 0.1) is 24.6 Å². The van der Waals surface area contributed by atoms with Crippen molar-refractivity contribution in [1.29, 1.82) is 0 Å². The van der Waals surface area contributed by atoms with Crippen LogP contribution in [0.2, 0.25) is 5.02 Å². The van der Waals surface area contributed by atoms with Crippen LogP contribution < -0.4 is 5.32 Å². The predicted octanol–water partition coefficient (Wildman–Crippen LogP) is 4.87. The number of nitrogens with one attached hydrogen (secondary N) is 2. The van der Waals surface area contributed by atoms with Crippen LogP contribution in [0.15, 0.2) is 70.8 Å². The highest BCUT2D eigenvalue weighted by atomic mass is 35.5. The lowest BCUT2D eigenvalue weighted by Gasteiger charge is -2.29. The molecule has 1 aliphatic rings. The van der Waals surface area contributed by atoms with Gasteiger partial charge in [-0.15, -0.1) is 0 Å². The van der Waals surface area contributed by atoms with Gasteiger partial charge in [0.15, 0.2) is 0 Å². The number of amides is 1. The summed E-state index contributed by atoms with van der Waals surface area (Å²) < 4.78 is 42.7. The first-order chi connectivity index (χ1) is 16.2. The molecule has 4 rings (SSSR count). The summed E-state index contributed by atoms with van der Waals surface area (Å²) in [5.74, 6) is -1.32. The van der Waals surface area contributed by atoms with Crippen molar-refractivity contribution in [3.05, 3.63) is 93.7 Å². The number of rotatable bonds is 7. The van der Waals surface area contributed by atoms with Crippen molar-refractivity contribution in [3.63, 3.8) is 0 Å². The second-order valence-corrected chi connectivity index (χ2v) is 8.36. The van der Waals surface area contributed by atoms with E-state index in [1.807, 2.05) is 19.1 Å². The van der Waals surface area contributed by atoms with E-state index in [1.54, 1.807) is 18.3 Å². The van der Waals surface area contributed by atoms with Gasteiger partial charge in [0, 0.05) is 28.9 Å². The SMILES string of the molecule is Cc1cn[nH]c1Cc1ccc(CC2=CN=NC2(C(=O)NCc2cc(Cl)ccn2)C(F)(F)F)cc1. The van der Waals surface area contributed by atoms with Crippen molar-refractivity contribution < 1.29 is 18.0 Å². The Labute approximate surface area is 198 Å². The molecule has 1 atom stereocenters. The van der Waals surface area contributed by atoms with Gasteiger partial charge in [-0.3, -0.25) is 14.9 Å². The quantitative estimate of drug-likeness (QED) is 0.497. The zero-order chi connectivity index (χ0) is 24.3. The summed E-state index contributed by atoms with van der Waals surface area (Å²) in [5, 5.41) is 16.4. The summed E-state index contributed by atoms with van der Waals surface area (Å²) in [7, 11) is 0. The Kier molecular flexibility index (Phi) is 6.52. The van der Waals surface area contributed by atoms with Crippen molar-refractivity contribution in [1.82, 2.24) is 20.5 Å². The third kappa shape index (κ3) is 4.72. The van der Waals surface area contributed by atoms with Gasteiger partial charge in [-0.2, -0.15) is 28.5 Å². The van der Waals surface area contributed by atoms with Crippen LogP contribution in [0.4, 0.5) is 13.2 Å². The molecule has 2 aromatic heterocycles. The summed E-state index contributed by atoms with van der Waals surface area (Å²) in [6.45, 7) is 1.71. The molecule has 1 aliphatic heterocycles. The van der Waals surface area contributed by atoms with Crippen LogP contribution in [0.3, 0.4) is 0 Å². The van der Waals surface area contributed by atoms with E-state index in [0.717, 1.165) is 23.0 Å². The summed E-state index contributed by atoms with van der Waals surface area (Å²) in [6.07, 6.45) is -0.366. The van der Waals surface area contributed by atoms with Gasteiger partial charge in [0.2, 0.25) is 0 Å². The molecule has 1 amide bonds. The maximum atomic E-state index is 14.2. The van der Waals surface area contributed by atoms with Crippen molar-refractivity contribution in [2.24, 2.45) is 10.2 Å². The Balaban J connectivity index is 1.51. The number of alkyl halides is 3. The molecule has 1 aromatic carbocycles. The average Bonchev–Trinajstić information content (AvgIpc) is 3.40. The number of hydrogen-bond acceptors (Lipinski definition) is 5. The molecule has 0 spiro atoms. The monoisotopic (exact) mass is 488 g/mol. The molecule has 0 aliphatic carbocycles. The minimum absolute atomic E-state index is 0.140. The largest absolute Gasteiger partial charge is 0.428 e. The summed E-state index contributed by atoms with van der Waals surface area (Å²) >= 11 is 5.88. The maximum Gasteiger partial charge on any atom is 0.428 e. The number of halogens is 4. The molecule has 176 valence electrons. The second kappa shape index (κ2) is 9.38. The van der Waals surface area contributed by atoms with Crippen LogP contribution >= 0.6 is 11.6 Å². The number of hydrogen-bond donors (Lipinski definition) is 2. The van der Waals surface area contributed by atoms with Gasteiger partial charge in [-0.25, -0.2) is 0 Å². The molecule has 3 aromatic rings. The van der Waals surface area contributed by atoms with Gasteiger partial charge in [0.1, 0.15) is 0 Å². The first-order valence-corrected chi connectivity index (χ1v) is 10.7. The molecular formula is C23H20ClF3N6O. The highest BCUT2D eigenvalue weighted by Gasteiger charge is 2.65. The van der Waals surface area contributed by atoms with E-state index in [-0.39, 0.29) is 18.5 Å². The average molecular weight is 489 g/mol. The number of H-pyrrole nitrogens is 1. The van der Waals surface area contributed by atoms with Crippen LogP contribution in [0, 0.1) is 6.92 Å². The van der Waals surface area contributed by atoms with Crippen molar-refractivity contribution in [2.75, 3.05) is 0 Å². The Bertz CT molecular complexity index is 1250. The van der Waals surface area contributed by atoms with E-state index in [0.29, 0.717) is 22.7 Å². The lowest BCUT2D eigenvalue weighted by molar-refractivity contribution is -0.182. The Morgan fingerprint density at radius 3 is 2.47 bits per heavy atom. The normalized spacial score (nSPS) is 17.6. The van der Waals surface area contributed by atoms with E-state index in [9.17, 15) is 18.0 Å². The molecule has 11 heteroatoms. The number of aromatic amines is 1. The van der Waals surface area contributed by atoms with Gasteiger partial charge >= 0.3 is 6.18 Å². The number of azo groups is 1. The highest BCUT2D eigenvalue weighted by molar-refractivity contribution is 6.30. The first kappa shape index (κ1) is 23.6. The topological polar surface area (TPSA) is 95.4 Å². The molecule has 1 unspecified atom stereocenters. The molecule has 34 heavy (non-hydrogen) atoms. The number of carbonyl (C=O) groups is 1. The number of aryl methyl sites for hydroxylation is 1. The van der Waals surface area contributed by atoms with Gasteiger partial charge in [0.25, 0.3) is 11.4 Å². The van der Waals surface area contributed by atoms with Crippen LogP contribution in [-0.2, 0) is 24.2 Å². The van der Waals surface area contributed by atoms with Crippen LogP contribution in [0.1, 0.15) is 28.1 Å². The van der Waals surface area contributed by atoms with Crippen molar-refractivity contribution >= 4 is 17.5 Å². The predicted molar refractivity (Wildman–Crippen MR) is 119 cm³/mol. The third-order valence-corrected chi connectivity index (χ3v) is 5.80. The maximum absolute atomic E-state index is 14.2. The summed E-state index contributed by atoms with van der Waals surface area (Å²) in [6, 6.07) is 10.1. The van der Waals surface area contributed by atoms with Crippen LogP contribution in [0.5, 0.6) is 0 Å². The zero-order valence-corrected chi connectivity index (χ0v) is 18.8. The van der Waals surface area contributed by atoms with E-state index in [4.69, 9.17) is 11.6 Å². The third-order valence-electron chi connectivity index (χ3n) is 5.57. The lowest BCUT2D eigenvalue weighted by Crippen LogP contribution is -2.56. The number of pyridine rings is 1. The second-order valence-electron chi connectivity index (χ2n) is 7.93. The van der Waals surface area contributed by atoms with E-state index in [1.165, 1.54) is 18.3 Å². The molecule has 3 heterocycles. The number of aromatic nitrogens is 3. The van der Waals surface area contributed by atoms with Gasteiger partial charge < -0.3 is 5.32 Å². The fraction of sp³-hybridized carbons (Fsp3) is 0.261. The van der Waals surface area contributed by atoms with E-state index < -0.39 is 17.6 Å². The molecule has 7 nitrogen and oxygen atoms in total.